The zero-order chi connectivity index (χ0) is 12.0. The average Bonchev–Trinajstić information content (AvgIpc) is 2.56. The van der Waals surface area contributed by atoms with Crippen LogP contribution < -0.4 is 0 Å². The standard InChI is InChI=1S/C14H22O2/c1-13(2)6-5-7-14(3)9-10(8-11(13)14)12(15)16-4/h9,11H,5-8H2,1-4H3. The van der Waals surface area contributed by atoms with E-state index in [-0.39, 0.29) is 11.4 Å². The van der Waals surface area contributed by atoms with Gasteiger partial charge < -0.3 is 4.74 Å². The molecule has 1 fully saturated rings. The number of methoxy groups -OCH3 is 1. The van der Waals surface area contributed by atoms with E-state index in [1.54, 1.807) is 0 Å². The zero-order valence-electron chi connectivity index (χ0n) is 10.8. The molecule has 0 N–H and O–H groups in total. The molecule has 0 aromatic heterocycles. The Morgan fingerprint density at radius 2 is 2.06 bits per heavy atom. The van der Waals surface area contributed by atoms with Gasteiger partial charge in [-0.2, -0.15) is 0 Å². The van der Waals surface area contributed by atoms with Gasteiger partial charge in [-0.05, 0) is 36.0 Å². The maximum Gasteiger partial charge on any atom is 0.333 e. The first-order valence-corrected chi connectivity index (χ1v) is 6.19. The molecule has 2 aliphatic rings. The molecule has 0 aromatic carbocycles. The number of esters is 1. The maximum atomic E-state index is 11.6. The Hall–Kier alpha value is -0.790. The molecule has 0 heterocycles. The molecule has 0 aromatic rings. The molecule has 0 aliphatic heterocycles. The molecule has 0 radical (unpaired) electrons. The first-order valence-electron chi connectivity index (χ1n) is 6.19. The number of carbonyl (C=O) groups excluding carboxylic acids is 1. The Bertz CT molecular complexity index is 341. The van der Waals surface area contributed by atoms with Crippen molar-refractivity contribution in [2.24, 2.45) is 16.7 Å². The fourth-order valence-electron chi connectivity index (χ4n) is 3.80. The van der Waals surface area contributed by atoms with E-state index in [2.05, 4.69) is 26.8 Å². The third-order valence-corrected chi connectivity index (χ3v) is 4.65. The van der Waals surface area contributed by atoms with Gasteiger partial charge in [-0.15, -0.1) is 0 Å². The SMILES string of the molecule is COC(=O)C1=CC2(C)CCCC(C)(C)C2C1. The lowest BCUT2D eigenvalue weighted by atomic mass is 9.58. The second-order valence-electron chi connectivity index (χ2n) is 6.27. The number of carbonyl (C=O) groups is 1. The summed E-state index contributed by atoms with van der Waals surface area (Å²) in [7, 11) is 1.47. The van der Waals surface area contributed by atoms with Gasteiger partial charge in [0.25, 0.3) is 0 Å². The van der Waals surface area contributed by atoms with Gasteiger partial charge in [0.2, 0.25) is 0 Å². The summed E-state index contributed by atoms with van der Waals surface area (Å²) in [6.07, 6.45) is 6.84. The highest BCUT2D eigenvalue weighted by molar-refractivity contribution is 5.89. The van der Waals surface area contributed by atoms with Crippen molar-refractivity contribution in [3.63, 3.8) is 0 Å². The largest absolute Gasteiger partial charge is 0.466 e. The van der Waals surface area contributed by atoms with Crippen molar-refractivity contribution in [1.29, 1.82) is 0 Å². The van der Waals surface area contributed by atoms with E-state index in [1.165, 1.54) is 26.4 Å². The Kier molecular flexibility index (Phi) is 2.64. The fraction of sp³-hybridized carbons (Fsp3) is 0.786. The number of rotatable bonds is 1. The Balaban J connectivity index is 2.28. The first kappa shape index (κ1) is 11.7. The predicted molar refractivity (Wildman–Crippen MR) is 63.9 cm³/mol. The molecule has 2 atom stereocenters. The molecule has 90 valence electrons. The highest BCUT2D eigenvalue weighted by Gasteiger charge is 2.49. The van der Waals surface area contributed by atoms with Crippen molar-refractivity contribution in [1.82, 2.24) is 0 Å². The third kappa shape index (κ3) is 1.68. The van der Waals surface area contributed by atoms with Crippen molar-refractivity contribution >= 4 is 5.97 Å². The van der Waals surface area contributed by atoms with E-state index in [1.807, 2.05) is 0 Å². The molecular formula is C14H22O2. The smallest absolute Gasteiger partial charge is 0.333 e. The molecule has 0 amide bonds. The molecule has 2 rings (SSSR count). The van der Waals surface area contributed by atoms with E-state index in [9.17, 15) is 4.79 Å². The second kappa shape index (κ2) is 3.61. The number of fused-ring (bicyclic) bond motifs is 1. The van der Waals surface area contributed by atoms with Crippen LogP contribution in [0.1, 0.15) is 46.5 Å². The van der Waals surface area contributed by atoms with E-state index >= 15 is 0 Å². The molecular weight excluding hydrogens is 200 g/mol. The van der Waals surface area contributed by atoms with Gasteiger partial charge in [0.1, 0.15) is 0 Å². The van der Waals surface area contributed by atoms with E-state index < -0.39 is 0 Å². The Morgan fingerprint density at radius 3 is 2.62 bits per heavy atom. The van der Waals surface area contributed by atoms with Gasteiger partial charge >= 0.3 is 5.97 Å². The van der Waals surface area contributed by atoms with Gasteiger partial charge in [0.15, 0.2) is 0 Å². The number of allylic oxidation sites excluding steroid dienone is 1. The lowest BCUT2D eigenvalue weighted by molar-refractivity contribution is -0.136. The predicted octanol–water partition coefficient (Wildman–Crippen LogP) is 3.32. The van der Waals surface area contributed by atoms with Crippen LogP contribution in [0.3, 0.4) is 0 Å². The molecule has 0 spiro atoms. The van der Waals surface area contributed by atoms with Crippen LogP contribution >= 0.6 is 0 Å². The number of hydrogen-bond acceptors (Lipinski definition) is 2. The van der Waals surface area contributed by atoms with Crippen molar-refractivity contribution < 1.29 is 9.53 Å². The molecule has 16 heavy (non-hydrogen) atoms. The average molecular weight is 222 g/mol. The van der Waals surface area contributed by atoms with Crippen molar-refractivity contribution in [3.8, 4) is 0 Å². The summed E-state index contributed by atoms with van der Waals surface area (Å²) in [6, 6.07) is 0. The highest BCUT2D eigenvalue weighted by Crippen LogP contribution is 2.58. The minimum Gasteiger partial charge on any atom is -0.466 e. The van der Waals surface area contributed by atoms with Crippen LogP contribution in [0.5, 0.6) is 0 Å². The van der Waals surface area contributed by atoms with Gasteiger partial charge in [-0.25, -0.2) is 4.79 Å². The van der Waals surface area contributed by atoms with Crippen molar-refractivity contribution in [2.45, 2.75) is 46.5 Å². The minimum atomic E-state index is -0.133. The van der Waals surface area contributed by atoms with Crippen LogP contribution in [0, 0.1) is 16.7 Å². The summed E-state index contributed by atoms with van der Waals surface area (Å²) < 4.78 is 4.85. The summed E-state index contributed by atoms with van der Waals surface area (Å²) in [4.78, 5) is 11.6. The van der Waals surface area contributed by atoms with Crippen LogP contribution in [-0.2, 0) is 9.53 Å². The Labute approximate surface area is 98.1 Å². The van der Waals surface area contributed by atoms with E-state index in [0.29, 0.717) is 11.3 Å². The van der Waals surface area contributed by atoms with Crippen molar-refractivity contribution in [2.75, 3.05) is 7.11 Å². The summed E-state index contributed by atoms with van der Waals surface area (Å²) in [5.74, 6) is 0.467. The van der Waals surface area contributed by atoms with Crippen LogP contribution in [0.25, 0.3) is 0 Å². The quantitative estimate of drug-likeness (QED) is 0.636. The van der Waals surface area contributed by atoms with Crippen LogP contribution in [-0.4, -0.2) is 13.1 Å². The first-order chi connectivity index (χ1) is 7.39. The molecule has 2 aliphatic carbocycles. The molecule has 1 saturated carbocycles. The lowest BCUT2D eigenvalue weighted by Gasteiger charge is -2.47. The summed E-state index contributed by atoms with van der Waals surface area (Å²) >= 11 is 0. The molecule has 2 heteroatoms. The van der Waals surface area contributed by atoms with Crippen LogP contribution in [0.2, 0.25) is 0 Å². The fourth-order valence-corrected chi connectivity index (χ4v) is 3.80. The maximum absolute atomic E-state index is 11.6. The number of hydrogen-bond donors (Lipinski definition) is 0. The van der Waals surface area contributed by atoms with Crippen LogP contribution in [0.4, 0.5) is 0 Å². The second-order valence-corrected chi connectivity index (χ2v) is 6.27. The summed E-state index contributed by atoms with van der Waals surface area (Å²) in [6.45, 7) is 6.97. The molecule has 0 bridgehead atoms. The van der Waals surface area contributed by atoms with E-state index in [4.69, 9.17) is 4.74 Å². The summed E-state index contributed by atoms with van der Waals surface area (Å²) in [5, 5.41) is 0. The number of ether oxygens (including phenoxy) is 1. The normalized spacial score (nSPS) is 36.5. The zero-order valence-corrected chi connectivity index (χ0v) is 10.8. The van der Waals surface area contributed by atoms with Gasteiger partial charge in [-0.3, -0.25) is 0 Å². The van der Waals surface area contributed by atoms with Gasteiger partial charge in [0, 0.05) is 5.57 Å². The highest BCUT2D eigenvalue weighted by atomic mass is 16.5. The Morgan fingerprint density at radius 1 is 1.38 bits per heavy atom. The van der Waals surface area contributed by atoms with Crippen molar-refractivity contribution in [3.05, 3.63) is 11.6 Å². The van der Waals surface area contributed by atoms with Crippen LogP contribution in [0.15, 0.2) is 11.6 Å². The molecule has 2 unspecified atom stereocenters. The molecule has 0 saturated heterocycles. The third-order valence-electron chi connectivity index (χ3n) is 4.65. The van der Waals surface area contributed by atoms with E-state index in [0.717, 1.165) is 12.0 Å². The van der Waals surface area contributed by atoms with Gasteiger partial charge in [-0.1, -0.05) is 33.3 Å². The topological polar surface area (TPSA) is 26.3 Å². The monoisotopic (exact) mass is 222 g/mol. The summed E-state index contributed by atoms with van der Waals surface area (Å²) in [5.41, 5.74) is 1.45. The molecule has 2 nitrogen and oxygen atoms in total. The minimum absolute atomic E-state index is 0.133. The lowest BCUT2D eigenvalue weighted by Crippen LogP contribution is -2.38. The van der Waals surface area contributed by atoms with Gasteiger partial charge in [0.05, 0.1) is 7.11 Å².